The summed E-state index contributed by atoms with van der Waals surface area (Å²) in [4.78, 5) is 16.2. The van der Waals surface area contributed by atoms with E-state index in [-0.39, 0.29) is 5.91 Å². The average molecular weight is 255 g/mol. The Morgan fingerprint density at radius 3 is 2.61 bits per heavy atom. The topological polar surface area (TPSA) is 35.6 Å². The zero-order valence-electron chi connectivity index (χ0n) is 12.4. The van der Waals surface area contributed by atoms with Gasteiger partial charge in [0.05, 0.1) is 6.54 Å². The first kappa shape index (κ1) is 15.4. The zero-order chi connectivity index (χ0) is 13.5. The molecule has 106 valence electrons. The molecule has 0 aromatic heterocycles. The predicted octanol–water partition coefficient (Wildman–Crippen LogP) is 1.17. The van der Waals surface area contributed by atoms with E-state index in [1.807, 2.05) is 11.9 Å². The minimum atomic E-state index is 0.217. The fourth-order valence-electron chi connectivity index (χ4n) is 2.27. The number of carbonyl (C=O) groups excluding carboxylic acids is 1. The predicted molar refractivity (Wildman–Crippen MR) is 75.6 cm³/mol. The molecule has 1 aliphatic rings. The molecule has 1 rings (SSSR count). The van der Waals surface area contributed by atoms with Gasteiger partial charge in [-0.25, -0.2) is 0 Å². The van der Waals surface area contributed by atoms with E-state index in [1.165, 1.54) is 12.8 Å². The van der Waals surface area contributed by atoms with Crippen LogP contribution in [0, 0.1) is 5.92 Å². The normalized spacial score (nSPS) is 19.8. The van der Waals surface area contributed by atoms with Crippen molar-refractivity contribution in [3.05, 3.63) is 0 Å². The molecule has 1 heterocycles. The summed E-state index contributed by atoms with van der Waals surface area (Å²) in [5.74, 6) is 0.896. The molecule has 0 aromatic rings. The minimum Gasteiger partial charge on any atom is -0.344 e. The molecule has 1 N–H and O–H groups in total. The maximum Gasteiger partial charge on any atom is 0.236 e. The van der Waals surface area contributed by atoms with Crippen LogP contribution in [0.25, 0.3) is 0 Å². The van der Waals surface area contributed by atoms with E-state index in [4.69, 9.17) is 0 Å². The number of likely N-dealkylation sites (N-methyl/N-ethyl adjacent to an activating group) is 1. The summed E-state index contributed by atoms with van der Waals surface area (Å²) in [5.41, 5.74) is 0. The van der Waals surface area contributed by atoms with E-state index in [0.29, 0.717) is 18.5 Å². The highest BCUT2D eigenvalue weighted by atomic mass is 16.2. The number of nitrogens with zero attached hydrogens (tertiary/aromatic N) is 2. The summed E-state index contributed by atoms with van der Waals surface area (Å²) in [6.45, 7) is 7.96. The van der Waals surface area contributed by atoms with Crippen LogP contribution in [0.2, 0.25) is 0 Å². The van der Waals surface area contributed by atoms with Crippen molar-refractivity contribution in [1.82, 2.24) is 15.1 Å². The lowest BCUT2D eigenvalue weighted by molar-refractivity contribution is -0.129. The number of hydrogen-bond acceptors (Lipinski definition) is 3. The Morgan fingerprint density at radius 2 is 2.06 bits per heavy atom. The van der Waals surface area contributed by atoms with E-state index in [2.05, 4.69) is 31.1 Å². The third-order valence-corrected chi connectivity index (χ3v) is 4.01. The van der Waals surface area contributed by atoms with Gasteiger partial charge in [-0.15, -0.1) is 0 Å². The SMILES string of the molecule is CCC(C)NCC(=O)N(C)CC1CCN(C)CC1. The Balaban J connectivity index is 2.22. The van der Waals surface area contributed by atoms with Gasteiger partial charge in [-0.2, -0.15) is 0 Å². The quantitative estimate of drug-likeness (QED) is 0.774. The van der Waals surface area contributed by atoms with Crippen LogP contribution in [0.5, 0.6) is 0 Å². The summed E-state index contributed by atoms with van der Waals surface area (Å²) >= 11 is 0. The fourth-order valence-corrected chi connectivity index (χ4v) is 2.27. The van der Waals surface area contributed by atoms with Gasteiger partial charge in [-0.3, -0.25) is 4.79 Å². The number of nitrogens with one attached hydrogen (secondary N) is 1. The maximum atomic E-state index is 12.0. The van der Waals surface area contributed by atoms with E-state index in [1.54, 1.807) is 0 Å². The first-order valence-electron chi connectivity index (χ1n) is 7.18. The Morgan fingerprint density at radius 1 is 1.44 bits per heavy atom. The number of amides is 1. The second kappa shape index (κ2) is 7.74. The second-order valence-corrected chi connectivity index (χ2v) is 5.71. The summed E-state index contributed by atoms with van der Waals surface area (Å²) in [7, 11) is 4.10. The zero-order valence-corrected chi connectivity index (χ0v) is 12.4. The first-order valence-corrected chi connectivity index (χ1v) is 7.18. The number of rotatable bonds is 6. The average Bonchev–Trinajstić information content (AvgIpc) is 2.38. The molecule has 1 saturated heterocycles. The van der Waals surface area contributed by atoms with Crippen LogP contribution in [0.4, 0.5) is 0 Å². The van der Waals surface area contributed by atoms with Crippen molar-refractivity contribution in [1.29, 1.82) is 0 Å². The molecule has 1 aliphatic heterocycles. The second-order valence-electron chi connectivity index (χ2n) is 5.71. The maximum absolute atomic E-state index is 12.0. The molecule has 1 atom stereocenters. The van der Waals surface area contributed by atoms with E-state index in [9.17, 15) is 4.79 Å². The van der Waals surface area contributed by atoms with Crippen LogP contribution in [0.15, 0.2) is 0 Å². The van der Waals surface area contributed by atoms with Crippen molar-refractivity contribution < 1.29 is 4.79 Å². The van der Waals surface area contributed by atoms with Gasteiger partial charge in [0.2, 0.25) is 5.91 Å². The molecular formula is C14H29N3O. The summed E-state index contributed by atoms with van der Waals surface area (Å²) in [5, 5.41) is 3.26. The van der Waals surface area contributed by atoms with Gasteiger partial charge >= 0.3 is 0 Å². The third kappa shape index (κ3) is 5.36. The van der Waals surface area contributed by atoms with E-state index < -0.39 is 0 Å². The molecule has 4 heteroatoms. The molecule has 1 fully saturated rings. The highest BCUT2D eigenvalue weighted by Crippen LogP contribution is 2.16. The fraction of sp³-hybridized carbons (Fsp3) is 0.929. The van der Waals surface area contributed by atoms with Gasteiger partial charge in [-0.1, -0.05) is 6.92 Å². The van der Waals surface area contributed by atoms with Crippen molar-refractivity contribution in [3.8, 4) is 0 Å². The molecule has 1 amide bonds. The molecule has 0 bridgehead atoms. The van der Waals surface area contributed by atoms with E-state index in [0.717, 1.165) is 26.1 Å². The molecule has 0 aromatic carbocycles. The van der Waals surface area contributed by atoms with Gasteiger partial charge in [0.25, 0.3) is 0 Å². The lowest BCUT2D eigenvalue weighted by atomic mass is 9.97. The summed E-state index contributed by atoms with van der Waals surface area (Å²) in [6, 6.07) is 0.422. The first-order chi connectivity index (χ1) is 8.52. The van der Waals surface area contributed by atoms with Crippen molar-refractivity contribution in [3.63, 3.8) is 0 Å². The van der Waals surface area contributed by atoms with Crippen molar-refractivity contribution >= 4 is 5.91 Å². The molecule has 18 heavy (non-hydrogen) atoms. The van der Waals surface area contributed by atoms with Gasteiger partial charge in [0, 0.05) is 19.6 Å². The number of piperidine rings is 1. The van der Waals surface area contributed by atoms with Crippen LogP contribution in [-0.2, 0) is 4.79 Å². The van der Waals surface area contributed by atoms with Crippen LogP contribution in [-0.4, -0.2) is 62.0 Å². The van der Waals surface area contributed by atoms with Crippen molar-refractivity contribution in [2.75, 3.05) is 40.3 Å². The molecule has 0 radical (unpaired) electrons. The Kier molecular flexibility index (Phi) is 6.65. The number of carbonyl (C=O) groups is 1. The van der Waals surface area contributed by atoms with E-state index >= 15 is 0 Å². The highest BCUT2D eigenvalue weighted by molar-refractivity contribution is 5.78. The minimum absolute atomic E-state index is 0.217. The van der Waals surface area contributed by atoms with Gasteiger partial charge in [0.15, 0.2) is 0 Å². The number of likely N-dealkylation sites (tertiary alicyclic amines) is 1. The van der Waals surface area contributed by atoms with Gasteiger partial charge in [-0.05, 0) is 52.2 Å². The third-order valence-electron chi connectivity index (χ3n) is 4.01. The smallest absolute Gasteiger partial charge is 0.236 e. The highest BCUT2D eigenvalue weighted by Gasteiger charge is 2.20. The van der Waals surface area contributed by atoms with Crippen LogP contribution < -0.4 is 5.32 Å². The standard InChI is InChI=1S/C14H29N3O/c1-5-12(2)15-10-14(18)17(4)11-13-6-8-16(3)9-7-13/h12-13,15H,5-11H2,1-4H3. The van der Waals surface area contributed by atoms with Crippen molar-refractivity contribution in [2.45, 2.75) is 39.2 Å². The van der Waals surface area contributed by atoms with Gasteiger partial charge < -0.3 is 15.1 Å². The van der Waals surface area contributed by atoms with Crippen LogP contribution >= 0.6 is 0 Å². The molecular weight excluding hydrogens is 226 g/mol. The van der Waals surface area contributed by atoms with Crippen LogP contribution in [0.3, 0.4) is 0 Å². The lowest BCUT2D eigenvalue weighted by Gasteiger charge is -2.31. The summed E-state index contributed by atoms with van der Waals surface area (Å²) < 4.78 is 0. The Bertz CT molecular complexity index is 249. The molecule has 0 spiro atoms. The summed E-state index contributed by atoms with van der Waals surface area (Å²) in [6.07, 6.45) is 3.49. The monoisotopic (exact) mass is 255 g/mol. The Labute approximate surface area is 112 Å². The molecule has 4 nitrogen and oxygen atoms in total. The molecule has 0 saturated carbocycles. The largest absolute Gasteiger partial charge is 0.344 e. The molecule has 1 unspecified atom stereocenters. The van der Waals surface area contributed by atoms with Crippen molar-refractivity contribution in [2.24, 2.45) is 5.92 Å². The van der Waals surface area contributed by atoms with Gasteiger partial charge in [0.1, 0.15) is 0 Å². The number of hydrogen-bond donors (Lipinski definition) is 1. The Hall–Kier alpha value is -0.610. The molecule has 0 aliphatic carbocycles. The van der Waals surface area contributed by atoms with Crippen LogP contribution in [0.1, 0.15) is 33.1 Å². The lowest BCUT2D eigenvalue weighted by Crippen LogP contribution is -2.42.